The zero-order valence-electron chi connectivity index (χ0n) is 17.8. The van der Waals surface area contributed by atoms with Crippen LogP contribution in [0.4, 0.5) is 11.5 Å². The quantitative estimate of drug-likeness (QED) is 0.558. The van der Waals surface area contributed by atoms with Crippen molar-refractivity contribution >= 4 is 34.9 Å². The maximum absolute atomic E-state index is 12.7. The number of rotatable bonds is 8. The predicted molar refractivity (Wildman–Crippen MR) is 123 cm³/mol. The number of carbonyl (C=O) groups is 2. The minimum absolute atomic E-state index is 0.0872. The molecule has 162 valence electrons. The maximum atomic E-state index is 12.7. The van der Waals surface area contributed by atoms with Gasteiger partial charge in [-0.25, -0.2) is 4.68 Å². The molecule has 8 heteroatoms. The van der Waals surface area contributed by atoms with Gasteiger partial charge in [-0.3, -0.25) is 9.59 Å². The number of carbonyl (C=O) groups excluding carboxylic acids is 2. The van der Waals surface area contributed by atoms with Crippen LogP contribution in [0.1, 0.15) is 30.5 Å². The van der Waals surface area contributed by atoms with Gasteiger partial charge in [0.1, 0.15) is 5.82 Å². The molecule has 0 radical (unpaired) electrons. The third kappa shape index (κ3) is 6.33. The van der Waals surface area contributed by atoms with Crippen molar-refractivity contribution in [3.05, 3.63) is 76.9 Å². The molecule has 3 aromatic rings. The summed E-state index contributed by atoms with van der Waals surface area (Å²) in [5, 5.41) is 10.6. The summed E-state index contributed by atoms with van der Waals surface area (Å²) in [6, 6.07) is 16.5. The Hall–Kier alpha value is -3.32. The van der Waals surface area contributed by atoms with Gasteiger partial charge in [0.2, 0.25) is 11.8 Å². The molecule has 2 aromatic carbocycles. The molecule has 7 nitrogen and oxygen atoms in total. The van der Waals surface area contributed by atoms with Gasteiger partial charge < -0.3 is 15.5 Å². The van der Waals surface area contributed by atoms with Crippen LogP contribution in [0.5, 0.6) is 0 Å². The van der Waals surface area contributed by atoms with E-state index >= 15 is 0 Å². The molecule has 0 aliphatic heterocycles. The average molecular weight is 440 g/mol. The van der Waals surface area contributed by atoms with E-state index in [4.69, 9.17) is 11.6 Å². The van der Waals surface area contributed by atoms with Crippen LogP contribution >= 0.6 is 11.6 Å². The summed E-state index contributed by atoms with van der Waals surface area (Å²) in [7, 11) is 3.99. The molecule has 0 aliphatic rings. The van der Waals surface area contributed by atoms with Gasteiger partial charge in [-0.1, -0.05) is 35.9 Å². The highest BCUT2D eigenvalue weighted by Gasteiger charge is 2.18. The second kappa shape index (κ2) is 10.1. The molecule has 1 heterocycles. The third-order valence-corrected chi connectivity index (χ3v) is 5.06. The van der Waals surface area contributed by atoms with E-state index < -0.39 is 6.04 Å². The van der Waals surface area contributed by atoms with Crippen LogP contribution in [0.3, 0.4) is 0 Å². The molecule has 1 aromatic heterocycles. The molecule has 0 saturated heterocycles. The topological polar surface area (TPSA) is 79.3 Å². The second-order valence-electron chi connectivity index (χ2n) is 7.49. The van der Waals surface area contributed by atoms with E-state index in [1.165, 1.54) is 6.92 Å². The lowest BCUT2D eigenvalue weighted by atomic mass is 10.0. The Labute approximate surface area is 187 Å². The van der Waals surface area contributed by atoms with Crippen molar-refractivity contribution in [3.63, 3.8) is 0 Å². The zero-order valence-corrected chi connectivity index (χ0v) is 18.6. The molecular weight excluding hydrogens is 414 g/mol. The monoisotopic (exact) mass is 439 g/mol. The van der Waals surface area contributed by atoms with Crippen LogP contribution in [0.2, 0.25) is 5.02 Å². The summed E-state index contributed by atoms with van der Waals surface area (Å²) in [4.78, 5) is 26.4. The van der Waals surface area contributed by atoms with Crippen LogP contribution in [-0.2, 0) is 16.1 Å². The fourth-order valence-corrected chi connectivity index (χ4v) is 3.34. The molecule has 0 bridgehead atoms. The summed E-state index contributed by atoms with van der Waals surface area (Å²) < 4.78 is 1.73. The largest absolute Gasteiger partial charge is 0.378 e. The van der Waals surface area contributed by atoms with Crippen LogP contribution in [0.15, 0.2) is 60.8 Å². The zero-order chi connectivity index (χ0) is 22.4. The van der Waals surface area contributed by atoms with Gasteiger partial charge in [0.15, 0.2) is 0 Å². The van der Waals surface area contributed by atoms with E-state index in [0.717, 1.165) is 16.8 Å². The first kappa shape index (κ1) is 22.4. The van der Waals surface area contributed by atoms with Crippen molar-refractivity contribution < 1.29 is 9.59 Å². The van der Waals surface area contributed by atoms with Crippen LogP contribution < -0.4 is 15.5 Å². The van der Waals surface area contributed by atoms with Gasteiger partial charge >= 0.3 is 0 Å². The van der Waals surface area contributed by atoms with Crippen molar-refractivity contribution in [2.45, 2.75) is 25.9 Å². The number of hydrogen-bond acceptors (Lipinski definition) is 4. The lowest BCUT2D eigenvalue weighted by Gasteiger charge is -2.18. The second-order valence-corrected chi connectivity index (χ2v) is 7.93. The van der Waals surface area contributed by atoms with Gasteiger partial charge in [-0.05, 0) is 35.4 Å². The minimum atomic E-state index is -0.454. The van der Waals surface area contributed by atoms with Crippen molar-refractivity contribution in [1.82, 2.24) is 15.1 Å². The molecule has 31 heavy (non-hydrogen) atoms. The Morgan fingerprint density at radius 2 is 1.74 bits per heavy atom. The van der Waals surface area contributed by atoms with E-state index in [1.54, 1.807) is 41.2 Å². The molecule has 2 N–H and O–H groups in total. The molecule has 0 saturated carbocycles. The molecule has 0 spiro atoms. The van der Waals surface area contributed by atoms with E-state index in [-0.39, 0.29) is 18.2 Å². The van der Waals surface area contributed by atoms with E-state index in [9.17, 15) is 9.59 Å². The molecule has 0 fully saturated rings. The lowest BCUT2D eigenvalue weighted by Crippen LogP contribution is -2.30. The lowest BCUT2D eigenvalue weighted by molar-refractivity contribution is -0.120. The van der Waals surface area contributed by atoms with Gasteiger partial charge in [0.25, 0.3) is 0 Å². The number of hydrogen-bond donors (Lipinski definition) is 2. The van der Waals surface area contributed by atoms with Crippen LogP contribution in [0, 0.1) is 0 Å². The first-order valence-electron chi connectivity index (χ1n) is 9.92. The van der Waals surface area contributed by atoms with Crippen LogP contribution in [-0.4, -0.2) is 35.7 Å². The Morgan fingerprint density at radius 1 is 1.06 bits per heavy atom. The Bertz CT molecular complexity index is 1030. The smallest absolute Gasteiger partial charge is 0.227 e. The normalized spacial score (nSPS) is 11.6. The van der Waals surface area contributed by atoms with E-state index in [2.05, 4.69) is 15.7 Å². The maximum Gasteiger partial charge on any atom is 0.227 e. The SMILES string of the molecule is CC(=O)NC(CC(=O)Nc1ccnn1Cc1ccc(N(C)C)cc1)c1ccc(Cl)cc1. The summed E-state index contributed by atoms with van der Waals surface area (Å²) in [6.07, 6.45) is 1.73. The highest BCUT2D eigenvalue weighted by Crippen LogP contribution is 2.21. The number of aromatic nitrogens is 2. The summed E-state index contributed by atoms with van der Waals surface area (Å²) >= 11 is 5.95. The Balaban J connectivity index is 1.67. The van der Waals surface area contributed by atoms with Gasteiger partial charge in [0, 0.05) is 37.8 Å². The fourth-order valence-electron chi connectivity index (χ4n) is 3.21. The van der Waals surface area contributed by atoms with Gasteiger partial charge in [-0.2, -0.15) is 5.10 Å². The molecular formula is C23H26ClN5O2. The summed E-state index contributed by atoms with van der Waals surface area (Å²) in [5.41, 5.74) is 3.00. The first-order chi connectivity index (χ1) is 14.8. The first-order valence-corrected chi connectivity index (χ1v) is 10.3. The van der Waals surface area contributed by atoms with Crippen molar-refractivity contribution in [2.75, 3.05) is 24.3 Å². The van der Waals surface area contributed by atoms with E-state index in [0.29, 0.717) is 17.4 Å². The standard InChI is InChI=1S/C23H26ClN5O2/c1-16(30)26-21(18-6-8-19(24)9-7-18)14-23(31)27-22-12-13-25-29(22)15-17-4-10-20(11-5-17)28(2)3/h4-13,21H,14-15H2,1-3H3,(H,26,30)(H,27,31). The molecule has 3 rings (SSSR count). The van der Waals surface area contributed by atoms with Crippen molar-refractivity contribution in [3.8, 4) is 0 Å². The van der Waals surface area contributed by atoms with Gasteiger partial charge in [0.05, 0.1) is 25.2 Å². The average Bonchev–Trinajstić information content (AvgIpc) is 3.14. The van der Waals surface area contributed by atoms with Gasteiger partial charge in [-0.15, -0.1) is 0 Å². The van der Waals surface area contributed by atoms with Crippen LogP contribution in [0.25, 0.3) is 0 Å². The highest BCUT2D eigenvalue weighted by molar-refractivity contribution is 6.30. The fraction of sp³-hybridized carbons (Fsp3) is 0.261. The molecule has 2 amide bonds. The number of benzene rings is 2. The Kier molecular flexibility index (Phi) is 7.31. The predicted octanol–water partition coefficient (Wildman–Crippen LogP) is 3.86. The molecule has 0 aliphatic carbocycles. The minimum Gasteiger partial charge on any atom is -0.378 e. The number of nitrogens with one attached hydrogen (secondary N) is 2. The van der Waals surface area contributed by atoms with E-state index in [1.807, 2.05) is 43.3 Å². The molecule has 1 unspecified atom stereocenters. The third-order valence-electron chi connectivity index (χ3n) is 4.81. The highest BCUT2D eigenvalue weighted by atomic mass is 35.5. The number of halogens is 1. The number of anilines is 2. The molecule has 1 atom stereocenters. The number of nitrogens with zero attached hydrogens (tertiary/aromatic N) is 3. The Morgan fingerprint density at radius 3 is 2.35 bits per heavy atom. The summed E-state index contributed by atoms with van der Waals surface area (Å²) in [5.74, 6) is 0.164. The number of amides is 2. The van der Waals surface area contributed by atoms with Crippen molar-refractivity contribution in [2.24, 2.45) is 0 Å². The van der Waals surface area contributed by atoms with Crippen molar-refractivity contribution in [1.29, 1.82) is 0 Å². The summed E-state index contributed by atoms with van der Waals surface area (Å²) in [6.45, 7) is 1.96.